The Morgan fingerprint density at radius 1 is 1.20 bits per heavy atom. The number of aryl methyl sites for hydroxylation is 1. The summed E-state index contributed by atoms with van der Waals surface area (Å²) in [6.45, 7) is 11.7. The molecule has 7 rings (SSSR count). The van der Waals surface area contributed by atoms with Crippen LogP contribution in [0.15, 0.2) is 42.6 Å². The van der Waals surface area contributed by atoms with E-state index >= 15 is 0 Å². The molecule has 1 aromatic carbocycles. The van der Waals surface area contributed by atoms with Gasteiger partial charge in [0, 0.05) is 24.9 Å². The normalized spacial score (nSPS) is 29.4. The summed E-state index contributed by atoms with van der Waals surface area (Å²) in [5.74, 6) is -0.856. The maximum atomic E-state index is 13.0. The van der Waals surface area contributed by atoms with Gasteiger partial charge in [-0.15, -0.1) is 5.10 Å². The zero-order valence-corrected chi connectivity index (χ0v) is 24.0. The summed E-state index contributed by atoms with van der Waals surface area (Å²) in [4.78, 5) is 32.9. The lowest BCUT2D eigenvalue weighted by Crippen LogP contribution is -2.69. The molecule has 1 aliphatic carbocycles. The quantitative estimate of drug-likeness (QED) is 0.480. The van der Waals surface area contributed by atoms with E-state index in [1.54, 1.807) is 25.3 Å². The Bertz CT molecular complexity index is 1480. The highest BCUT2D eigenvalue weighted by Crippen LogP contribution is 2.62. The Balaban J connectivity index is 1.29. The number of hydrogen-bond acceptors (Lipinski definition) is 8. The van der Waals surface area contributed by atoms with Gasteiger partial charge in [0.25, 0.3) is 0 Å². The SMILES string of the molecule is COC(=O)C1C2(NC(=O)OC(C)(C)C)COC1(c1nc3c(C)cc(N4CC[C@](C)(c5ccccc5)C4)cn3n1)C2. The van der Waals surface area contributed by atoms with Crippen molar-refractivity contribution in [3.8, 4) is 0 Å². The van der Waals surface area contributed by atoms with Crippen molar-refractivity contribution >= 4 is 23.4 Å². The highest BCUT2D eigenvalue weighted by Gasteiger charge is 2.77. The standard InChI is InChI=1S/C30H37N5O5/c1-19-14-21(34-13-12-28(5,17-34)20-10-8-7-9-11-20)15-35-23(19)31-25(33-35)30-16-29(18-39-30,22(30)24(36)38-6)32-26(37)40-27(2,3)4/h7-11,14-15,22H,12-13,16-18H2,1-6H3,(H,32,37)/t22?,28-,29?,30?/m0/s1. The zero-order chi connectivity index (χ0) is 28.5. The van der Waals surface area contributed by atoms with E-state index in [4.69, 9.17) is 24.3 Å². The molecular formula is C30H37N5O5. The van der Waals surface area contributed by atoms with Crippen molar-refractivity contribution in [1.82, 2.24) is 19.9 Å². The van der Waals surface area contributed by atoms with Crippen molar-refractivity contribution < 1.29 is 23.8 Å². The fourth-order valence-electron chi connectivity index (χ4n) is 6.72. The maximum Gasteiger partial charge on any atom is 0.408 e. The van der Waals surface area contributed by atoms with Crippen molar-refractivity contribution in [1.29, 1.82) is 0 Å². The van der Waals surface area contributed by atoms with Crippen molar-refractivity contribution in [3.05, 3.63) is 59.5 Å². The average molecular weight is 548 g/mol. The smallest absolute Gasteiger partial charge is 0.408 e. The number of methoxy groups -OCH3 is 1. The first-order chi connectivity index (χ1) is 18.9. The van der Waals surface area contributed by atoms with E-state index in [2.05, 4.69) is 53.5 Å². The van der Waals surface area contributed by atoms with Crippen LogP contribution in [0.1, 0.15) is 57.5 Å². The van der Waals surface area contributed by atoms with Gasteiger partial charge in [-0.2, -0.15) is 0 Å². The van der Waals surface area contributed by atoms with E-state index in [9.17, 15) is 9.59 Å². The number of carbonyl (C=O) groups excluding carboxylic acids is 2. The zero-order valence-electron chi connectivity index (χ0n) is 24.0. The molecule has 0 radical (unpaired) electrons. The molecule has 3 aromatic rings. The Labute approximate surface area is 234 Å². The van der Waals surface area contributed by atoms with Gasteiger partial charge in [-0.1, -0.05) is 37.3 Å². The molecule has 3 saturated heterocycles. The average Bonchev–Trinajstić information content (AvgIpc) is 3.65. The summed E-state index contributed by atoms with van der Waals surface area (Å²) in [5, 5.41) is 7.72. The van der Waals surface area contributed by atoms with Crippen LogP contribution in [-0.4, -0.2) is 64.6 Å². The number of ether oxygens (including phenoxy) is 3. The molecule has 3 unspecified atom stereocenters. The van der Waals surface area contributed by atoms with Crippen molar-refractivity contribution in [2.45, 2.75) is 69.6 Å². The topological polar surface area (TPSA) is 107 Å². The summed E-state index contributed by atoms with van der Waals surface area (Å²) in [6.07, 6.45) is 2.81. The highest BCUT2D eigenvalue weighted by atomic mass is 16.6. The minimum absolute atomic E-state index is 0.0679. The third kappa shape index (κ3) is 4.11. The molecule has 4 atom stereocenters. The number of pyridine rings is 1. The van der Waals surface area contributed by atoms with Crippen LogP contribution in [0.2, 0.25) is 0 Å². The van der Waals surface area contributed by atoms with Crippen LogP contribution in [-0.2, 0) is 30.0 Å². The first-order valence-corrected chi connectivity index (χ1v) is 13.8. The van der Waals surface area contributed by atoms with Gasteiger partial charge in [0.2, 0.25) is 0 Å². The number of hydrogen-bond donors (Lipinski definition) is 1. The van der Waals surface area contributed by atoms with Crippen LogP contribution in [0.5, 0.6) is 0 Å². The van der Waals surface area contributed by atoms with Crippen molar-refractivity contribution in [2.24, 2.45) is 5.92 Å². The molecule has 1 N–H and O–H groups in total. The van der Waals surface area contributed by atoms with Gasteiger partial charge in [0.15, 0.2) is 11.5 Å². The number of rotatable bonds is 5. The minimum Gasteiger partial charge on any atom is -0.469 e. The predicted molar refractivity (Wildman–Crippen MR) is 148 cm³/mol. The van der Waals surface area contributed by atoms with Crippen LogP contribution in [0.4, 0.5) is 10.5 Å². The first-order valence-electron chi connectivity index (χ1n) is 13.8. The maximum absolute atomic E-state index is 13.0. The third-order valence-electron chi connectivity index (χ3n) is 8.66. The van der Waals surface area contributed by atoms with Gasteiger partial charge < -0.3 is 24.4 Å². The number of amides is 1. The molecule has 0 spiro atoms. The van der Waals surface area contributed by atoms with Gasteiger partial charge in [0.1, 0.15) is 17.1 Å². The van der Waals surface area contributed by atoms with Gasteiger partial charge >= 0.3 is 12.1 Å². The van der Waals surface area contributed by atoms with Gasteiger partial charge in [-0.05, 0) is 51.3 Å². The summed E-state index contributed by atoms with van der Waals surface area (Å²) >= 11 is 0. The molecule has 2 bridgehead atoms. The van der Waals surface area contributed by atoms with Crippen LogP contribution in [0.3, 0.4) is 0 Å². The lowest BCUT2D eigenvalue weighted by atomic mass is 9.58. The van der Waals surface area contributed by atoms with Crippen LogP contribution >= 0.6 is 0 Å². The van der Waals surface area contributed by atoms with Crippen molar-refractivity contribution in [2.75, 3.05) is 31.7 Å². The lowest BCUT2D eigenvalue weighted by Gasteiger charge is -2.49. The number of esters is 1. The first kappa shape index (κ1) is 26.6. The molecule has 3 aliphatic heterocycles. The number of anilines is 1. The molecule has 1 amide bonds. The second-order valence-corrected chi connectivity index (χ2v) is 12.8. The van der Waals surface area contributed by atoms with Gasteiger partial charge in [-0.3, -0.25) is 4.79 Å². The second kappa shape index (κ2) is 8.92. The third-order valence-corrected chi connectivity index (χ3v) is 8.66. The Hall–Kier alpha value is -3.66. The monoisotopic (exact) mass is 547 g/mol. The van der Waals surface area contributed by atoms with Crippen LogP contribution in [0.25, 0.3) is 5.65 Å². The molecular weight excluding hydrogens is 510 g/mol. The van der Waals surface area contributed by atoms with E-state index < -0.39 is 34.7 Å². The molecule has 10 heteroatoms. The highest BCUT2D eigenvalue weighted by molar-refractivity contribution is 5.81. The van der Waals surface area contributed by atoms with E-state index in [0.29, 0.717) is 17.9 Å². The Morgan fingerprint density at radius 3 is 2.65 bits per heavy atom. The molecule has 212 valence electrons. The number of nitrogens with zero attached hydrogens (tertiary/aromatic N) is 4. The fraction of sp³-hybridized carbons (Fsp3) is 0.533. The summed E-state index contributed by atoms with van der Waals surface area (Å²) in [6, 6.07) is 12.8. The molecule has 5 heterocycles. The van der Waals surface area contributed by atoms with E-state index in [1.165, 1.54) is 12.7 Å². The lowest BCUT2D eigenvalue weighted by molar-refractivity contribution is -0.167. The Morgan fingerprint density at radius 2 is 1.95 bits per heavy atom. The van der Waals surface area contributed by atoms with Crippen molar-refractivity contribution in [3.63, 3.8) is 0 Å². The predicted octanol–water partition coefficient (Wildman–Crippen LogP) is 3.89. The molecule has 4 fully saturated rings. The second-order valence-electron chi connectivity index (χ2n) is 12.8. The Kier molecular flexibility index (Phi) is 5.92. The molecule has 4 aliphatic rings. The molecule has 1 saturated carbocycles. The number of aromatic nitrogens is 3. The molecule has 10 nitrogen and oxygen atoms in total. The summed E-state index contributed by atoms with van der Waals surface area (Å²) in [7, 11) is 1.34. The molecule has 40 heavy (non-hydrogen) atoms. The largest absolute Gasteiger partial charge is 0.469 e. The van der Waals surface area contributed by atoms with E-state index in [1.807, 2.05) is 13.1 Å². The van der Waals surface area contributed by atoms with E-state index in [-0.39, 0.29) is 12.0 Å². The number of benzene rings is 1. The van der Waals surface area contributed by atoms with Crippen LogP contribution in [0, 0.1) is 12.8 Å². The number of alkyl carbamates (subject to hydrolysis) is 1. The minimum atomic E-state index is -1.08. The van der Waals surface area contributed by atoms with E-state index in [0.717, 1.165) is 30.8 Å². The number of carbonyl (C=O) groups is 2. The van der Waals surface area contributed by atoms with Crippen LogP contribution < -0.4 is 10.2 Å². The molecule has 2 aromatic heterocycles. The summed E-state index contributed by atoms with van der Waals surface area (Å²) < 4.78 is 18.6. The summed E-state index contributed by atoms with van der Waals surface area (Å²) in [5.41, 5.74) is 1.47. The number of fused-ring (bicyclic) bond motifs is 2. The number of nitrogens with one attached hydrogen (secondary N) is 1. The van der Waals surface area contributed by atoms with Gasteiger partial charge in [0.05, 0.1) is 31.1 Å². The van der Waals surface area contributed by atoms with Gasteiger partial charge in [-0.25, -0.2) is 14.3 Å². The fourth-order valence-corrected chi connectivity index (χ4v) is 6.72.